The van der Waals surface area contributed by atoms with E-state index in [4.69, 9.17) is 0 Å². The third-order valence-corrected chi connectivity index (χ3v) is 15.5. The molecule has 0 amide bonds. The summed E-state index contributed by atoms with van der Waals surface area (Å²) in [6.45, 7) is 20.9. The van der Waals surface area contributed by atoms with Gasteiger partial charge in [0.2, 0.25) is 0 Å². The summed E-state index contributed by atoms with van der Waals surface area (Å²) >= 11 is 0. The van der Waals surface area contributed by atoms with Crippen molar-refractivity contribution in [2.45, 2.75) is 78.6 Å². The molecule has 0 aromatic heterocycles. The molecule has 12 rings (SSSR count). The lowest BCUT2D eigenvalue weighted by Crippen LogP contribution is -2.63. The van der Waals surface area contributed by atoms with Crippen molar-refractivity contribution in [1.29, 1.82) is 0 Å². The molecule has 0 radical (unpaired) electrons. The fourth-order valence-corrected chi connectivity index (χ4v) is 11.9. The van der Waals surface area contributed by atoms with E-state index in [2.05, 4.69) is 266 Å². The molecule has 0 bridgehead atoms. The molecule has 9 aromatic rings. The van der Waals surface area contributed by atoms with Gasteiger partial charge in [-0.3, -0.25) is 0 Å². The summed E-state index contributed by atoms with van der Waals surface area (Å²) in [5.41, 5.74) is 27.6. The first-order valence-corrected chi connectivity index (χ1v) is 24.8. The second kappa shape index (κ2) is 15.6. The number of aryl methyl sites for hydroxylation is 1. The lowest BCUT2D eigenvalue weighted by molar-refractivity contribution is 0.590. The van der Waals surface area contributed by atoms with Crippen molar-refractivity contribution in [2.24, 2.45) is 0 Å². The highest BCUT2D eigenvalue weighted by molar-refractivity contribution is 6.94. The van der Waals surface area contributed by atoms with Gasteiger partial charge < -0.3 is 9.71 Å². The lowest BCUT2D eigenvalue weighted by atomic mass is 9.41. The molecular formula is C66H59BN2. The quantitative estimate of drug-likeness (QED) is 0.159. The van der Waals surface area contributed by atoms with Crippen LogP contribution in [0.5, 0.6) is 0 Å². The minimum atomic E-state index is -0.284. The molecule has 0 spiro atoms. The van der Waals surface area contributed by atoms with Gasteiger partial charge >= 0.3 is 6.85 Å². The minimum absolute atomic E-state index is 0.0120. The predicted octanol–water partition coefficient (Wildman–Crippen LogP) is 16.6. The molecule has 0 unspecified atom stereocenters. The molecule has 2 nitrogen and oxygen atoms in total. The molecule has 3 aliphatic rings. The fourth-order valence-electron chi connectivity index (χ4n) is 11.9. The average Bonchev–Trinajstić information content (AvgIpc) is 3.59. The molecule has 3 heteroatoms. The topological polar surface area (TPSA) is 6.48 Å². The van der Waals surface area contributed by atoms with Crippen molar-refractivity contribution in [3.05, 3.63) is 222 Å². The van der Waals surface area contributed by atoms with Crippen molar-refractivity contribution >= 4 is 46.2 Å². The van der Waals surface area contributed by atoms with Gasteiger partial charge in [0.05, 0.1) is 5.69 Å². The molecule has 2 aliphatic heterocycles. The van der Waals surface area contributed by atoms with Crippen molar-refractivity contribution in [3.63, 3.8) is 0 Å². The molecule has 2 heterocycles. The maximum Gasteiger partial charge on any atom is 0.333 e. The lowest BCUT2D eigenvalue weighted by Gasteiger charge is -2.48. The van der Waals surface area contributed by atoms with Crippen LogP contribution >= 0.6 is 0 Å². The molecule has 69 heavy (non-hydrogen) atoms. The van der Waals surface area contributed by atoms with Crippen LogP contribution in [-0.4, -0.2) is 6.85 Å². The van der Waals surface area contributed by atoms with E-state index in [0.717, 1.165) is 0 Å². The zero-order valence-electron chi connectivity index (χ0n) is 41.4. The molecule has 0 N–H and O–H groups in total. The first-order chi connectivity index (χ1) is 33.2. The van der Waals surface area contributed by atoms with Crippen LogP contribution in [0.2, 0.25) is 0 Å². The first-order valence-electron chi connectivity index (χ1n) is 24.8. The summed E-state index contributed by atoms with van der Waals surface area (Å²) in [4.78, 5) is 5.37. The van der Waals surface area contributed by atoms with Gasteiger partial charge in [-0.05, 0) is 150 Å². The normalized spacial score (nSPS) is 14.2. The molecule has 336 valence electrons. The largest absolute Gasteiger partial charge is 0.376 e. The van der Waals surface area contributed by atoms with E-state index in [1.54, 1.807) is 0 Å². The number of hydrogen-bond donors (Lipinski definition) is 0. The Morgan fingerprint density at radius 1 is 0.391 bits per heavy atom. The summed E-state index contributed by atoms with van der Waals surface area (Å²) < 4.78 is 0. The number of anilines is 5. The first kappa shape index (κ1) is 43.0. The van der Waals surface area contributed by atoms with Crippen LogP contribution in [0.3, 0.4) is 0 Å². The van der Waals surface area contributed by atoms with Crippen molar-refractivity contribution < 1.29 is 0 Å². The second-order valence-corrected chi connectivity index (χ2v) is 22.2. The Kier molecular flexibility index (Phi) is 9.71. The number of nitrogens with zero attached hydrogens (tertiary/aromatic N) is 2. The van der Waals surface area contributed by atoms with Crippen LogP contribution < -0.4 is 20.6 Å². The zero-order valence-corrected chi connectivity index (χ0v) is 41.4. The van der Waals surface area contributed by atoms with Crippen LogP contribution in [0, 0.1) is 6.92 Å². The third kappa shape index (κ3) is 6.76. The summed E-state index contributed by atoms with van der Waals surface area (Å²) in [7, 11) is 0. The van der Waals surface area contributed by atoms with Gasteiger partial charge in [0.15, 0.2) is 0 Å². The van der Waals surface area contributed by atoms with Crippen LogP contribution in [0.1, 0.15) is 83.2 Å². The van der Waals surface area contributed by atoms with E-state index >= 15 is 0 Å². The highest BCUT2D eigenvalue weighted by atomic mass is 15.2. The van der Waals surface area contributed by atoms with Gasteiger partial charge in [0.25, 0.3) is 0 Å². The van der Waals surface area contributed by atoms with Crippen LogP contribution in [0.15, 0.2) is 194 Å². The molecule has 1 aliphatic carbocycles. The van der Waals surface area contributed by atoms with Crippen molar-refractivity contribution in [1.82, 2.24) is 0 Å². The van der Waals surface area contributed by atoms with Gasteiger partial charge in [-0.15, -0.1) is 0 Å². The second-order valence-electron chi connectivity index (χ2n) is 22.2. The maximum absolute atomic E-state index is 2.71. The molecule has 0 saturated carbocycles. The van der Waals surface area contributed by atoms with Gasteiger partial charge in [-0.25, -0.2) is 0 Å². The fraction of sp³-hybridized carbons (Fsp3) is 0.182. The van der Waals surface area contributed by atoms with E-state index in [0.29, 0.717) is 0 Å². The Hall–Kier alpha value is -7.36. The van der Waals surface area contributed by atoms with Crippen LogP contribution in [0.4, 0.5) is 28.4 Å². The highest BCUT2D eigenvalue weighted by Crippen LogP contribution is 2.55. The average molecular weight is 891 g/mol. The van der Waals surface area contributed by atoms with Gasteiger partial charge in [-0.1, -0.05) is 201 Å². The zero-order chi connectivity index (χ0) is 47.6. The Balaban J connectivity index is 1.26. The summed E-state index contributed by atoms with van der Waals surface area (Å²) in [5, 5.41) is 0. The van der Waals surface area contributed by atoms with E-state index in [9.17, 15) is 0 Å². The number of fused-ring (bicyclic) bond motifs is 8. The highest BCUT2D eigenvalue weighted by Gasteiger charge is 2.50. The Morgan fingerprint density at radius 2 is 0.986 bits per heavy atom. The number of benzene rings is 9. The standard InChI is InChI=1S/C66H59BN2/c1-42-20-16-17-25-50(42)46-38-55-52-34-28-45(43-21-12-10-13-22-43)39-59(52)69(49-32-29-47(30-33-49)64(2,3)4)67-62(55)60(40-46)68(57-36-31-48(65(5,6)7)41-54(57)44-23-14-11-15-24-44)58-37-35-53-51-26-18-19-27-56(51)66(8,9)61(53)63(58)67/h10-41H,1-9H3. The summed E-state index contributed by atoms with van der Waals surface area (Å²) in [5.74, 6) is 0. The van der Waals surface area contributed by atoms with Crippen LogP contribution in [-0.2, 0) is 16.2 Å². The molecule has 0 atom stereocenters. The van der Waals surface area contributed by atoms with E-state index in [-0.39, 0.29) is 23.1 Å². The van der Waals surface area contributed by atoms with Gasteiger partial charge in [0.1, 0.15) is 0 Å². The monoisotopic (exact) mass is 890 g/mol. The molecule has 0 fully saturated rings. The van der Waals surface area contributed by atoms with Crippen LogP contribution in [0.25, 0.3) is 55.6 Å². The summed E-state index contributed by atoms with van der Waals surface area (Å²) in [6.07, 6.45) is 0. The van der Waals surface area contributed by atoms with Gasteiger partial charge in [0, 0.05) is 39.3 Å². The van der Waals surface area contributed by atoms with E-state index < -0.39 is 0 Å². The molecular weight excluding hydrogens is 832 g/mol. The SMILES string of the molecule is Cc1ccccc1-c1cc2c3c(c1)N(c1ccc(C(C)(C)C)cc1-c1ccccc1)c1ccc4c(c1B3N(c1ccc(C(C)(C)C)cc1)c1cc(-c3ccccc3)ccc1-2)C(C)(C)c1ccccc1-4. The Labute approximate surface area is 410 Å². The maximum atomic E-state index is 2.71. The van der Waals surface area contributed by atoms with Crippen molar-refractivity contribution in [2.75, 3.05) is 9.71 Å². The minimum Gasteiger partial charge on any atom is -0.376 e. The van der Waals surface area contributed by atoms with E-state index in [1.807, 2.05) is 0 Å². The molecule has 0 saturated heterocycles. The Morgan fingerprint density at radius 3 is 1.68 bits per heavy atom. The smallest absolute Gasteiger partial charge is 0.333 e. The number of hydrogen-bond acceptors (Lipinski definition) is 2. The third-order valence-electron chi connectivity index (χ3n) is 15.5. The van der Waals surface area contributed by atoms with Crippen molar-refractivity contribution in [3.8, 4) is 55.6 Å². The van der Waals surface area contributed by atoms with E-state index in [1.165, 1.54) is 123 Å². The number of rotatable bonds is 5. The predicted molar refractivity (Wildman–Crippen MR) is 296 cm³/mol. The van der Waals surface area contributed by atoms with Gasteiger partial charge in [-0.2, -0.15) is 0 Å². The molecule has 9 aromatic carbocycles. The summed E-state index contributed by atoms with van der Waals surface area (Å²) in [6, 6.07) is 73.9. The Bertz CT molecular complexity index is 3500.